The molecule has 2 aliphatic rings. The molecule has 1 saturated heterocycles. The number of aromatic nitrogens is 3. The Bertz CT molecular complexity index is 408. The summed E-state index contributed by atoms with van der Waals surface area (Å²) in [5.74, 6) is 1.26. The Morgan fingerprint density at radius 1 is 1.30 bits per heavy atom. The molecule has 0 spiro atoms. The molecule has 0 aromatic carbocycles. The van der Waals surface area contributed by atoms with Gasteiger partial charge in [0, 0.05) is 18.0 Å². The molecule has 1 unspecified atom stereocenters. The van der Waals surface area contributed by atoms with Gasteiger partial charge < -0.3 is 9.88 Å². The number of piperidine rings is 1. The highest BCUT2D eigenvalue weighted by molar-refractivity contribution is 5.12. The lowest BCUT2D eigenvalue weighted by molar-refractivity contribution is 0.248. The smallest absolute Gasteiger partial charge is 0.140 e. The van der Waals surface area contributed by atoms with Crippen molar-refractivity contribution in [3.63, 3.8) is 0 Å². The van der Waals surface area contributed by atoms with E-state index in [0.717, 1.165) is 13.1 Å². The van der Waals surface area contributed by atoms with E-state index < -0.39 is 0 Å². The van der Waals surface area contributed by atoms with Crippen molar-refractivity contribution in [2.75, 3.05) is 13.1 Å². The predicted molar refractivity (Wildman–Crippen MR) is 80.8 cm³/mol. The van der Waals surface area contributed by atoms with Crippen LogP contribution in [0, 0.1) is 0 Å². The molecule has 1 N–H and O–H groups in total. The molecular weight excluding hydrogens is 248 g/mol. The van der Waals surface area contributed by atoms with Crippen LogP contribution in [0.15, 0.2) is 6.33 Å². The van der Waals surface area contributed by atoms with E-state index in [4.69, 9.17) is 0 Å². The van der Waals surface area contributed by atoms with Crippen LogP contribution in [0.4, 0.5) is 0 Å². The predicted octanol–water partition coefficient (Wildman–Crippen LogP) is 3.20. The van der Waals surface area contributed by atoms with Crippen molar-refractivity contribution in [2.24, 2.45) is 0 Å². The maximum Gasteiger partial charge on any atom is 0.140 e. The minimum Gasteiger partial charge on any atom is -0.316 e. The molecule has 1 aliphatic carbocycles. The van der Waals surface area contributed by atoms with Crippen LogP contribution < -0.4 is 5.32 Å². The van der Waals surface area contributed by atoms with Crippen LogP contribution in [0.3, 0.4) is 0 Å². The maximum atomic E-state index is 4.58. The molecule has 4 nitrogen and oxygen atoms in total. The molecule has 0 bridgehead atoms. The lowest BCUT2D eigenvalue weighted by atomic mass is 9.76. The highest BCUT2D eigenvalue weighted by atomic mass is 15.3. The van der Waals surface area contributed by atoms with Gasteiger partial charge in [-0.2, -0.15) is 0 Å². The van der Waals surface area contributed by atoms with E-state index in [1.54, 1.807) is 0 Å². The van der Waals surface area contributed by atoms with Crippen molar-refractivity contribution in [3.05, 3.63) is 12.2 Å². The van der Waals surface area contributed by atoms with Gasteiger partial charge in [-0.05, 0) is 38.6 Å². The second-order valence-corrected chi connectivity index (χ2v) is 6.66. The Balaban J connectivity index is 1.89. The largest absolute Gasteiger partial charge is 0.316 e. The summed E-state index contributed by atoms with van der Waals surface area (Å²) < 4.78 is 2.43. The minimum atomic E-state index is 0.223. The summed E-state index contributed by atoms with van der Waals surface area (Å²) >= 11 is 0. The zero-order valence-corrected chi connectivity index (χ0v) is 12.8. The van der Waals surface area contributed by atoms with Crippen molar-refractivity contribution >= 4 is 0 Å². The standard InChI is InChI=1S/C16H28N4/c1-2-9-16(10-6-11-17-12-16)15-19-18-13-20(15)14-7-4-3-5-8-14/h13-14,17H,2-12H2,1H3. The number of hydrogen-bond acceptors (Lipinski definition) is 3. The monoisotopic (exact) mass is 276 g/mol. The summed E-state index contributed by atoms with van der Waals surface area (Å²) in [6.07, 6.45) is 13.7. The topological polar surface area (TPSA) is 42.7 Å². The van der Waals surface area contributed by atoms with E-state index in [-0.39, 0.29) is 5.41 Å². The fraction of sp³-hybridized carbons (Fsp3) is 0.875. The van der Waals surface area contributed by atoms with E-state index in [1.807, 2.05) is 6.33 Å². The Labute approximate surface area is 122 Å². The normalized spacial score (nSPS) is 28.6. The average Bonchev–Trinajstić information content (AvgIpc) is 2.99. The van der Waals surface area contributed by atoms with Crippen LogP contribution in [-0.2, 0) is 5.41 Å². The number of rotatable bonds is 4. The molecule has 3 rings (SSSR count). The zero-order chi connectivity index (χ0) is 13.8. The number of nitrogens with one attached hydrogen (secondary N) is 1. The molecule has 112 valence electrons. The maximum absolute atomic E-state index is 4.58. The first kappa shape index (κ1) is 14.1. The van der Waals surface area contributed by atoms with Crippen molar-refractivity contribution in [1.82, 2.24) is 20.1 Å². The van der Waals surface area contributed by atoms with Gasteiger partial charge in [0.2, 0.25) is 0 Å². The molecular formula is C16H28N4. The Morgan fingerprint density at radius 3 is 2.85 bits per heavy atom. The highest BCUT2D eigenvalue weighted by Crippen LogP contribution is 2.38. The SMILES string of the molecule is CCCC1(c2nncn2C2CCCCC2)CCCNC1. The molecule has 2 fully saturated rings. The molecule has 1 aromatic heterocycles. The van der Waals surface area contributed by atoms with Crippen molar-refractivity contribution < 1.29 is 0 Å². The first-order chi connectivity index (χ1) is 9.86. The average molecular weight is 276 g/mol. The van der Waals surface area contributed by atoms with E-state index in [1.165, 1.54) is 63.6 Å². The van der Waals surface area contributed by atoms with Gasteiger partial charge in [-0.1, -0.05) is 32.6 Å². The summed E-state index contributed by atoms with van der Waals surface area (Å²) in [6, 6.07) is 0.643. The van der Waals surface area contributed by atoms with Gasteiger partial charge >= 0.3 is 0 Å². The fourth-order valence-corrected chi connectivity index (χ4v) is 4.21. The second-order valence-electron chi connectivity index (χ2n) is 6.66. The zero-order valence-electron chi connectivity index (χ0n) is 12.8. The summed E-state index contributed by atoms with van der Waals surface area (Å²) in [7, 11) is 0. The third-order valence-corrected chi connectivity index (χ3v) is 5.22. The summed E-state index contributed by atoms with van der Waals surface area (Å²) in [5, 5.41) is 12.5. The molecule has 0 radical (unpaired) electrons. The molecule has 20 heavy (non-hydrogen) atoms. The van der Waals surface area contributed by atoms with Crippen molar-refractivity contribution in [1.29, 1.82) is 0 Å². The van der Waals surface area contributed by atoms with E-state index in [2.05, 4.69) is 27.0 Å². The fourth-order valence-electron chi connectivity index (χ4n) is 4.21. The highest BCUT2D eigenvalue weighted by Gasteiger charge is 2.38. The van der Waals surface area contributed by atoms with Crippen LogP contribution in [0.2, 0.25) is 0 Å². The summed E-state index contributed by atoms with van der Waals surface area (Å²) in [4.78, 5) is 0. The third kappa shape index (κ3) is 2.62. The van der Waals surface area contributed by atoms with Crippen molar-refractivity contribution in [2.45, 2.75) is 76.2 Å². The van der Waals surface area contributed by atoms with Crippen LogP contribution in [0.25, 0.3) is 0 Å². The van der Waals surface area contributed by atoms with Crippen LogP contribution in [0.5, 0.6) is 0 Å². The molecule has 1 atom stereocenters. The Kier molecular flexibility index (Phi) is 4.39. The number of hydrogen-bond donors (Lipinski definition) is 1. The van der Waals surface area contributed by atoms with Gasteiger partial charge in [-0.25, -0.2) is 0 Å². The van der Waals surface area contributed by atoms with Crippen molar-refractivity contribution in [3.8, 4) is 0 Å². The molecule has 1 aromatic rings. The van der Waals surface area contributed by atoms with E-state index in [0.29, 0.717) is 6.04 Å². The second kappa shape index (κ2) is 6.25. The summed E-state index contributed by atoms with van der Waals surface area (Å²) in [6.45, 7) is 4.52. The Morgan fingerprint density at radius 2 is 2.15 bits per heavy atom. The molecule has 1 aliphatic heterocycles. The lowest BCUT2D eigenvalue weighted by Gasteiger charge is -2.38. The van der Waals surface area contributed by atoms with Gasteiger partial charge in [-0.3, -0.25) is 0 Å². The third-order valence-electron chi connectivity index (χ3n) is 5.22. The molecule has 2 heterocycles. The Hall–Kier alpha value is -0.900. The number of nitrogens with zero attached hydrogens (tertiary/aromatic N) is 3. The lowest BCUT2D eigenvalue weighted by Crippen LogP contribution is -2.45. The molecule has 1 saturated carbocycles. The summed E-state index contributed by atoms with van der Waals surface area (Å²) in [5.41, 5.74) is 0.223. The van der Waals surface area contributed by atoms with Gasteiger partial charge in [0.15, 0.2) is 0 Å². The van der Waals surface area contributed by atoms with Crippen LogP contribution in [0.1, 0.15) is 76.6 Å². The molecule has 0 amide bonds. The van der Waals surface area contributed by atoms with Gasteiger partial charge in [0.1, 0.15) is 12.2 Å². The van der Waals surface area contributed by atoms with Crippen LogP contribution >= 0.6 is 0 Å². The quantitative estimate of drug-likeness (QED) is 0.918. The first-order valence-electron chi connectivity index (χ1n) is 8.46. The van der Waals surface area contributed by atoms with E-state index >= 15 is 0 Å². The first-order valence-corrected chi connectivity index (χ1v) is 8.46. The van der Waals surface area contributed by atoms with Crippen LogP contribution in [-0.4, -0.2) is 27.9 Å². The molecule has 4 heteroatoms. The van der Waals surface area contributed by atoms with E-state index in [9.17, 15) is 0 Å². The van der Waals surface area contributed by atoms with Gasteiger partial charge in [0.05, 0.1) is 0 Å². The van der Waals surface area contributed by atoms with Gasteiger partial charge in [0.25, 0.3) is 0 Å². The van der Waals surface area contributed by atoms with Gasteiger partial charge in [-0.15, -0.1) is 10.2 Å². The minimum absolute atomic E-state index is 0.223.